The van der Waals surface area contributed by atoms with Crippen LogP contribution in [0.4, 0.5) is 0 Å². The Hall–Kier alpha value is -1.56. The van der Waals surface area contributed by atoms with Crippen LogP contribution in [0.15, 0.2) is 6.07 Å². The lowest BCUT2D eigenvalue weighted by atomic mass is 9.95. The smallest absolute Gasteiger partial charge is 0.349 e. The SMILES string of the molecule is CC(C)(C)c1cc(OCC(=O)N2CCCC2)c(C(=O)O)s1. The molecule has 1 saturated heterocycles. The molecule has 0 atom stereocenters. The second kappa shape index (κ2) is 6.05. The number of carbonyl (C=O) groups is 2. The Labute approximate surface area is 128 Å². The van der Waals surface area contributed by atoms with E-state index in [1.807, 2.05) is 20.8 Å². The average Bonchev–Trinajstić information content (AvgIpc) is 3.04. The van der Waals surface area contributed by atoms with Crippen LogP contribution in [0, 0.1) is 0 Å². The predicted molar refractivity (Wildman–Crippen MR) is 81.3 cm³/mol. The molecule has 0 spiro atoms. The summed E-state index contributed by atoms with van der Waals surface area (Å²) in [6, 6.07) is 1.74. The summed E-state index contributed by atoms with van der Waals surface area (Å²) in [4.78, 5) is 26.1. The standard InChI is InChI=1S/C15H21NO4S/c1-15(2,3)11-8-10(13(21-11)14(18)19)20-9-12(17)16-6-4-5-7-16/h8H,4-7,9H2,1-3H3,(H,18,19). The van der Waals surface area contributed by atoms with Crippen LogP contribution in [0.25, 0.3) is 0 Å². The van der Waals surface area contributed by atoms with Gasteiger partial charge in [0.15, 0.2) is 11.5 Å². The van der Waals surface area contributed by atoms with E-state index in [2.05, 4.69) is 0 Å². The minimum atomic E-state index is -1.01. The van der Waals surface area contributed by atoms with Gasteiger partial charge in [-0.05, 0) is 24.3 Å². The van der Waals surface area contributed by atoms with Gasteiger partial charge in [0.25, 0.3) is 5.91 Å². The molecule has 2 heterocycles. The van der Waals surface area contributed by atoms with Crippen LogP contribution in [0.5, 0.6) is 5.75 Å². The molecule has 0 radical (unpaired) electrons. The topological polar surface area (TPSA) is 66.8 Å². The number of ether oxygens (including phenoxy) is 1. The zero-order valence-corrected chi connectivity index (χ0v) is 13.5. The average molecular weight is 311 g/mol. The molecule has 1 aliphatic rings. The molecule has 21 heavy (non-hydrogen) atoms. The lowest BCUT2D eigenvalue weighted by Gasteiger charge is -2.16. The van der Waals surface area contributed by atoms with Gasteiger partial charge in [0.05, 0.1) is 0 Å². The normalized spacial score (nSPS) is 15.3. The van der Waals surface area contributed by atoms with E-state index >= 15 is 0 Å². The van der Waals surface area contributed by atoms with E-state index < -0.39 is 5.97 Å². The fraction of sp³-hybridized carbons (Fsp3) is 0.600. The van der Waals surface area contributed by atoms with Gasteiger partial charge in [-0.15, -0.1) is 11.3 Å². The molecule has 0 aliphatic carbocycles. The molecule has 0 unspecified atom stereocenters. The molecule has 1 fully saturated rings. The Morgan fingerprint density at radius 1 is 1.33 bits per heavy atom. The Kier molecular flexibility index (Phi) is 4.56. The number of carboxylic acids is 1. The number of likely N-dealkylation sites (tertiary alicyclic amines) is 1. The summed E-state index contributed by atoms with van der Waals surface area (Å²) in [7, 11) is 0. The maximum Gasteiger partial charge on any atom is 0.349 e. The third kappa shape index (κ3) is 3.75. The van der Waals surface area contributed by atoms with Gasteiger partial charge in [0, 0.05) is 18.0 Å². The highest BCUT2D eigenvalue weighted by Crippen LogP contribution is 2.36. The Balaban J connectivity index is 2.09. The fourth-order valence-electron chi connectivity index (χ4n) is 2.20. The maximum absolute atomic E-state index is 12.0. The third-order valence-electron chi connectivity index (χ3n) is 3.44. The largest absolute Gasteiger partial charge is 0.482 e. The fourth-order valence-corrected chi connectivity index (χ4v) is 3.20. The highest BCUT2D eigenvalue weighted by molar-refractivity contribution is 7.14. The van der Waals surface area contributed by atoms with Crippen molar-refractivity contribution in [1.82, 2.24) is 4.90 Å². The van der Waals surface area contributed by atoms with E-state index in [-0.39, 0.29) is 22.8 Å². The minimum absolute atomic E-state index is 0.0765. The van der Waals surface area contributed by atoms with Crippen molar-refractivity contribution in [2.24, 2.45) is 0 Å². The molecule has 1 aromatic heterocycles. The highest BCUT2D eigenvalue weighted by Gasteiger charge is 2.25. The summed E-state index contributed by atoms with van der Waals surface area (Å²) in [6.07, 6.45) is 2.05. The highest BCUT2D eigenvalue weighted by atomic mass is 32.1. The molecule has 6 heteroatoms. The van der Waals surface area contributed by atoms with E-state index in [0.717, 1.165) is 30.8 Å². The molecule has 0 bridgehead atoms. The number of nitrogens with zero attached hydrogens (tertiary/aromatic N) is 1. The minimum Gasteiger partial charge on any atom is -0.482 e. The maximum atomic E-state index is 12.0. The van der Waals surface area contributed by atoms with Gasteiger partial charge in [0.2, 0.25) is 0 Å². The van der Waals surface area contributed by atoms with Gasteiger partial charge in [-0.1, -0.05) is 20.8 Å². The van der Waals surface area contributed by atoms with Crippen LogP contribution >= 0.6 is 11.3 Å². The van der Waals surface area contributed by atoms with Crippen molar-refractivity contribution in [2.45, 2.75) is 39.0 Å². The molecular weight excluding hydrogens is 290 g/mol. The summed E-state index contributed by atoms with van der Waals surface area (Å²) in [6.45, 7) is 7.49. The summed E-state index contributed by atoms with van der Waals surface area (Å²) in [5, 5.41) is 9.26. The van der Waals surface area contributed by atoms with Gasteiger partial charge in [-0.25, -0.2) is 4.79 Å². The van der Waals surface area contributed by atoms with Crippen molar-refractivity contribution in [3.8, 4) is 5.75 Å². The second-order valence-corrected chi connectivity index (χ2v) is 7.29. The van der Waals surface area contributed by atoms with Crippen molar-refractivity contribution in [1.29, 1.82) is 0 Å². The van der Waals surface area contributed by atoms with Crippen LogP contribution < -0.4 is 4.74 Å². The van der Waals surface area contributed by atoms with Crippen LogP contribution in [0.1, 0.15) is 48.2 Å². The van der Waals surface area contributed by atoms with E-state index in [0.29, 0.717) is 5.75 Å². The van der Waals surface area contributed by atoms with Crippen molar-refractivity contribution in [3.63, 3.8) is 0 Å². The zero-order chi connectivity index (χ0) is 15.6. The molecule has 1 N–H and O–H groups in total. The number of hydrogen-bond acceptors (Lipinski definition) is 4. The number of aromatic carboxylic acids is 1. The molecule has 2 rings (SSSR count). The Bertz CT molecular complexity index is 538. The van der Waals surface area contributed by atoms with E-state index in [1.165, 1.54) is 11.3 Å². The molecule has 1 aliphatic heterocycles. The van der Waals surface area contributed by atoms with Gasteiger partial charge < -0.3 is 14.7 Å². The van der Waals surface area contributed by atoms with Crippen LogP contribution in [0.2, 0.25) is 0 Å². The van der Waals surface area contributed by atoms with E-state index in [1.54, 1.807) is 11.0 Å². The second-order valence-electron chi connectivity index (χ2n) is 6.24. The van der Waals surface area contributed by atoms with Crippen molar-refractivity contribution < 1.29 is 19.4 Å². The number of rotatable bonds is 4. The van der Waals surface area contributed by atoms with Crippen molar-refractivity contribution >= 4 is 23.2 Å². The van der Waals surface area contributed by atoms with Gasteiger partial charge >= 0.3 is 5.97 Å². The third-order valence-corrected chi connectivity index (χ3v) is 4.97. The molecule has 0 aromatic carbocycles. The van der Waals surface area contributed by atoms with Gasteiger partial charge in [-0.3, -0.25) is 4.79 Å². The van der Waals surface area contributed by atoms with E-state index in [9.17, 15) is 14.7 Å². The molecule has 5 nitrogen and oxygen atoms in total. The van der Waals surface area contributed by atoms with Crippen molar-refractivity contribution in [3.05, 3.63) is 15.8 Å². The summed E-state index contributed by atoms with van der Waals surface area (Å²) >= 11 is 1.21. The van der Waals surface area contributed by atoms with Crippen LogP contribution in [-0.4, -0.2) is 41.6 Å². The Morgan fingerprint density at radius 3 is 2.48 bits per heavy atom. The summed E-state index contributed by atoms with van der Waals surface area (Å²) in [5.41, 5.74) is -0.143. The molecular formula is C15H21NO4S. The van der Waals surface area contributed by atoms with Crippen molar-refractivity contribution in [2.75, 3.05) is 19.7 Å². The van der Waals surface area contributed by atoms with Crippen LogP contribution in [0.3, 0.4) is 0 Å². The first kappa shape index (κ1) is 15.8. The zero-order valence-electron chi connectivity index (χ0n) is 12.6. The molecule has 116 valence electrons. The molecule has 0 saturated carbocycles. The van der Waals surface area contributed by atoms with Gasteiger partial charge in [0.1, 0.15) is 5.75 Å². The number of thiophene rings is 1. The molecule has 1 aromatic rings. The first-order valence-corrected chi connectivity index (χ1v) is 7.89. The monoisotopic (exact) mass is 311 g/mol. The molecule has 1 amide bonds. The quantitative estimate of drug-likeness (QED) is 0.928. The number of hydrogen-bond donors (Lipinski definition) is 1. The van der Waals surface area contributed by atoms with Gasteiger partial charge in [-0.2, -0.15) is 0 Å². The first-order chi connectivity index (χ1) is 9.79. The predicted octanol–water partition coefficient (Wildman–Crippen LogP) is 2.75. The number of amides is 1. The first-order valence-electron chi connectivity index (χ1n) is 7.07. The lowest BCUT2D eigenvalue weighted by Crippen LogP contribution is -2.32. The summed E-state index contributed by atoms with van der Waals surface area (Å²) < 4.78 is 5.49. The number of carbonyl (C=O) groups excluding carboxylic acids is 1. The number of carboxylic acid groups (broad SMARTS) is 1. The van der Waals surface area contributed by atoms with E-state index in [4.69, 9.17) is 4.74 Å². The van der Waals surface area contributed by atoms with Crippen LogP contribution in [-0.2, 0) is 10.2 Å². The Morgan fingerprint density at radius 2 is 1.95 bits per heavy atom. The lowest BCUT2D eigenvalue weighted by molar-refractivity contribution is -0.132. The summed E-state index contributed by atoms with van der Waals surface area (Å²) in [5.74, 6) is -0.795.